The van der Waals surface area contributed by atoms with Crippen LogP contribution in [0.25, 0.3) is 55.2 Å². The number of hydrogen-bond acceptors (Lipinski definition) is 4. The molecule has 7 heteroatoms. The third-order valence-corrected chi connectivity index (χ3v) is 11.2. The molecule has 7 rings (SSSR count). The number of nitrogens with zero attached hydrogens (tertiary/aromatic N) is 2. The molecule has 0 atom stereocenters. The molecule has 0 saturated heterocycles. The van der Waals surface area contributed by atoms with Crippen LogP contribution in [0.1, 0.15) is 67.2 Å². The summed E-state index contributed by atoms with van der Waals surface area (Å²) < 4.78 is 26.6. The van der Waals surface area contributed by atoms with Crippen molar-refractivity contribution in [3.63, 3.8) is 0 Å². The molecule has 0 aliphatic carbocycles. The maximum Gasteiger partial charge on any atom is 0.164 e. The van der Waals surface area contributed by atoms with Crippen molar-refractivity contribution in [2.75, 3.05) is 0 Å². The van der Waals surface area contributed by atoms with Gasteiger partial charge in [0.05, 0.1) is 0 Å². The van der Waals surface area contributed by atoms with E-state index in [2.05, 4.69) is 70.6 Å². The van der Waals surface area contributed by atoms with Crippen molar-refractivity contribution in [1.29, 1.82) is 0 Å². The van der Waals surface area contributed by atoms with Crippen LogP contribution in [0.2, 0.25) is 0 Å². The molecule has 0 saturated carbocycles. The monoisotopic (exact) mass is 953 g/mol. The summed E-state index contributed by atoms with van der Waals surface area (Å²) in [7, 11) is 0. The van der Waals surface area contributed by atoms with Crippen molar-refractivity contribution >= 4 is 27.3 Å². The molecule has 1 radical (unpaired) electrons. The number of carbonyl (C=O) groups excluding carboxylic acids is 1. The number of rotatable bonds is 10. The quantitative estimate of drug-likeness (QED) is 0.0642. The Labute approximate surface area is 355 Å². The summed E-state index contributed by atoms with van der Waals surface area (Å²) in [4.78, 5) is 21.0. The van der Waals surface area contributed by atoms with Gasteiger partial charge in [0.1, 0.15) is 17.4 Å². The van der Waals surface area contributed by atoms with Gasteiger partial charge in [-0.25, -0.2) is 8.78 Å². The van der Waals surface area contributed by atoms with E-state index in [1.165, 1.54) is 39.8 Å². The van der Waals surface area contributed by atoms with Crippen LogP contribution < -0.4 is 0 Å². The van der Waals surface area contributed by atoms with Crippen LogP contribution in [0.4, 0.5) is 8.78 Å². The number of ketones is 1. The molecule has 0 aliphatic rings. The minimum atomic E-state index is -0.591. The number of fused-ring (bicyclic) bond motifs is 3. The van der Waals surface area contributed by atoms with E-state index in [1.54, 1.807) is 18.3 Å². The second-order valence-electron chi connectivity index (χ2n) is 14.6. The number of hydrogen-bond donors (Lipinski definition) is 1. The third-order valence-electron chi connectivity index (χ3n) is 11.2. The molecule has 58 heavy (non-hydrogen) atoms. The van der Waals surface area contributed by atoms with Crippen molar-refractivity contribution in [3.05, 3.63) is 169 Å². The summed E-state index contributed by atoms with van der Waals surface area (Å²) in [6.45, 7) is 12.1. The van der Waals surface area contributed by atoms with E-state index >= 15 is 0 Å². The number of pyridine rings is 2. The number of allylic oxidation sites excluding steroid dienone is 2. The summed E-state index contributed by atoms with van der Waals surface area (Å²) in [6.07, 6.45) is 8.33. The molecule has 0 amide bonds. The standard InChI is InChI=1S/C19H12N.C17H10F2N.C15H28O2.Ir/c1-2-7-15(8-3-1)19-18-11-10-14-6-4-5-9-16(14)17(18)12-13-20-19;18-15-9-14(10-16(19)11-15)12-4-3-5-13(8-12)17-6-1-2-7-20-17;1-7-14(5,8-2)12(16)11-13(17)15(6,9-3)10-4;/h1-7,9-13H;1-4,6-11H;11,16H,7-10H2,1-6H3;/q2*-1;;/b;;12-11-;. The number of aromatic nitrogens is 2. The van der Waals surface area contributed by atoms with Crippen LogP contribution in [-0.2, 0) is 24.9 Å². The van der Waals surface area contributed by atoms with Gasteiger partial charge in [-0.3, -0.25) is 4.79 Å². The molecule has 0 spiro atoms. The van der Waals surface area contributed by atoms with Crippen LogP contribution in [-0.4, -0.2) is 20.9 Å². The van der Waals surface area contributed by atoms with Crippen molar-refractivity contribution in [2.24, 2.45) is 10.8 Å². The normalized spacial score (nSPS) is 11.5. The summed E-state index contributed by atoms with van der Waals surface area (Å²) in [5.41, 5.74) is 4.20. The first kappa shape index (κ1) is 45.3. The van der Waals surface area contributed by atoms with Crippen LogP contribution >= 0.6 is 0 Å². The minimum absolute atomic E-state index is 0. The molecule has 5 aromatic carbocycles. The Bertz CT molecular complexity index is 2420. The zero-order chi connectivity index (χ0) is 41.0. The Balaban J connectivity index is 0.000000192. The number of aliphatic hydroxyl groups is 1. The maximum atomic E-state index is 13.3. The van der Waals surface area contributed by atoms with Gasteiger partial charge in [-0.05, 0) is 88.4 Å². The largest absolute Gasteiger partial charge is 0.512 e. The zero-order valence-electron chi connectivity index (χ0n) is 33.9. The molecule has 0 fully saturated rings. The fourth-order valence-corrected chi connectivity index (χ4v) is 6.41. The molecule has 7 aromatic rings. The van der Waals surface area contributed by atoms with Gasteiger partial charge in [-0.1, -0.05) is 90.1 Å². The van der Waals surface area contributed by atoms with E-state index in [-0.39, 0.29) is 42.5 Å². The van der Waals surface area contributed by atoms with Gasteiger partial charge in [0.15, 0.2) is 5.78 Å². The Morgan fingerprint density at radius 3 is 1.93 bits per heavy atom. The fraction of sp³-hybridized carbons (Fsp3) is 0.235. The van der Waals surface area contributed by atoms with Gasteiger partial charge in [0, 0.05) is 55.5 Å². The van der Waals surface area contributed by atoms with Gasteiger partial charge >= 0.3 is 0 Å². The first-order valence-corrected chi connectivity index (χ1v) is 19.5. The molecule has 0 aliphatic heterocycles. The number of aliphatic hydroxyl groups excluding tert-OH is 1. The molecule has 1 N–H and O–H groups in total. The minimum Gasteiger partial charge on any atom is -0.512 e. The second-order valence-corrected chi connectivity index (χ2v) is 14.6. The van der Waals surface area contributed by atoms with Crippen molar-refractivity contribution < 1.29 is 38.8 Å². The SMILES string of the molecule is CCC(C)(CC)C(=O)/C=C(\O)C(C)(CC)CC.Fc1cc(F)cc(-c2cc[c-]c(-c3ccccn3)c2)c1.[Ir].[c-]1ccccc1-c1nccc2c1ccc1ccccc12. The molecule has 301 valence electrons. The number of carbonyl (C=O) groups is 1. The zero-order valence-corrected chi connectivity index (χ0v) is 36.3. The van der Waals surface area contributed by atoms with Crippen molar-refractivity contribution in [3.8, 4) is 33.6 Å². The Kier molecular flexibility index (Phi) is 16.3. The number of benzene rings is 5. The van der Waals surface area contributed by atoms with E-state index in [4.69, 9.17) is 0 Å². The smallest absolute Gasteiger partial charge is 0.164 e. The Morgan fingerprint density at radius 2 is 1.29 bits per heavy atom. The van der Waals surface area contributed by atoms with E-state index in [9.17, 15) is 18.7 Å². The van der Waals surface area contributed by atoms with Gasteiger partial charge in [0.2, 0.25) is 0 Å². The van der Waals surface area contributed by atoms with E-state index in [0.29, 0.717) is 5.56 Å². The van der Waals surface area contributed by atoms with Crippen molar-refractivity contribution in [1.82, 2.24) is 9.97 Å². The molecular weight excluding hydrogens is 903 g/mol. The van der Waals surface area contributed by atoms with Gasteiger partial charge in [0.25, 0.3) is 0 Å². The van der Waals surface area contributed by atoms with Gasteiger partial charge in [-0.15, -0.1) is 71.3 Å². The summed E-state index contributed by atoms with van der Waals surface area (Å²) in [5.74, 6) is -0.895. The molecule has 4 nitrogen and oxygen atoms in total. The molecule has 0 unspecified atom stereocenters. The predicted molar refractivity (Wildman–Crippen MR) is 230 cm³/mol. The van der Waals surface area contributed by atoms with Gasteiger partial charge in [-0.2, -0.15) is 0 Å². The molecule has 2 heterocycles. The second kappa shape index (κ2) is 20.9. The van der Waals surface area contributed by atoms with Crippen LogP contribution in [0.3, 0.4) is 0 Å². The molecule has 0 bridgehead atoms. The van der Waals surface area contributed by atoms with Crippen LogP contribution in [0, 0.1) is 34.6 Å². The fourth-order valence-electron chi connectivity index (χ4n) is 6.41. The molecule has 2 aromatic heterocycles. The van der Waals surface area contributed by atoms with E-state index in [1.807, 2.05) is 90.2 Å². The average molecular weight is 953 g/mol. The van der Waals surface area contributed by atoms with Gasteiger partial charge < -0.3 is 15.1 Å². The first-order valence-electron chi connectivity index (χ1n) is 19.5. The Morgan fingerprint density at radius 1 is 0.638 bits per heavy atom. The maximum absolute atomic E-state index is 13.3. The topological polar surface area (TPSA) is 63.1 Å². The average Bonchev–Trinajstić information content (AvgIpc) is 3.26. The van der Waals surface area contributed by atoms with E-state index < -0.39 is 11.6 Å². The summed E-state index contributed by atoms with van der Waals surface area (Å²) in [5, 5.41) is 15.1. The summed E-state index contributed by atoms with van der Waals surface area (Å²) in [6, 6.07) is 43.5. The number of halogens is 2. The van der Waals surface area contributed by atoms with Crippen LogP contribution in [0.5, 0.6) is 0 Å². The van der Waals surface area contributed by atoms with Crippen molar-refractivity contribution in [2.45, 2.75) is 67.2 Å². The predicted octanol–water partition coefficient (Wildman–Crippen LogP) is 14.0. The third kappa shape index (κ3) is 11.0. The Hall–Kier alpha value is -5.36. The first-order chi connectivity index (χ1) is 27.4. The molecular formula is C51H50F2IrN2O2-2. The van der Waals surface area contributed by atoms with E-state index in [0.717, 1.165) is 59.8 Å². The summed E-state index contributed by atoms with van der Waals surface area (Å²) >= 11 is 0. The van der Waals surface area contributed by atoms with Crippen LogP contribution in [0.15, 0.2) is 146 Å².